The summed E-state index contributed by atoms with van der Waals surface area (Å²) in [6.45, 7) is 1.78. The van der Waals surface area contributed by atoms with E-state index in [4.69, 9.17) is 0 Å². The van der Waals surface area contributed by atoms with E-state index in [1.165, 1.54) is 13.9 Å². The molecule has 8 nitrogen and oxygen atoms in total. The minimum absolute atomic E-state index is 0.154. The van der Waals surface area contributed by atoms with Gasteiger partial charge >= 0.3 is 11.7 Å². The van der Waals surface area contributed by atoms with Gasteiger partial charge in [-0.1, -0.05) is 18.2 Å². The maximum absolute atomic E-state index is 12.2. The summed E-state index contributed by atoms with van der Waals surface area (Å²) in [5.41, 5.74) is 3.09. The van der Waals surface area contributed by atoms with Crippen molar-refractivity contribution in [1.82, 2.24) is 24.1 Å². The van der Waals surface area contributed by atoms with E-state index >= 15 is 0 Å². The van der Waals surface area contributed by atoms with E-state index in [1.54, 1.807) is 27.1 Å². The van der Waals surface area contributed by atoms with Crippen molar-refractivity contribution < 1.29 is 9.90 Å². The Balaban J connectivity index is 1.79. The van der Waals surface area contributed by atoms with E-state index < -0.39 is 5.97 Å². The molecule has 2 aromatic heterocycles. The molecule has 2 heterocycles. The Morgan fingerprint density at radius 3 is 2.22 bits per heavy atom. The first-order chi connectivity index (χ1) is 12.9. The summed E-state index contributed by atoms with van der Waals surface area (Å²) in [5.74, 6) is -0.406. The molecular formula is C19H17N5O3. The Kier molecular flexibility index (Phi) is 3.69. The van der Waals surface area contributed by atoms with E-state index in [0.29, 0.717) is 16.7 Å². The zero-order chi connectivity index (χ0) is 19.3. The van der Waals surface area contributed by atoms with Crippen LogP contribution in [0.3, 0.4) is 0 Å². The predicted molar refractivity (Wildman–Crippen MR) is 100 cm³/mol. The fourth-order valence-electron chi connectivity index (χ4n) is 3.32. The number of nitrogens with zero attached hydrogens (tertiary/aromatic N) is 5. The first-order valence-electron chi connectivity index (χ1n) is 8.30. The second-order valence-electron chi connectivity index (χ2n) is 6.34. The number of carboxylic acids is 1. The van der Waals surface area contributed by atoms with E-state index in [-0.39, 0.29) is 11.4 Å². The van der Waals surface area contributed by atoms with Gasteiger partial charge in [0.2, 0.25) is 0 Å². The fourth-order valence-corrected chi connectivity index (χ4v) is 3.32. The van der Waals surface area contributed by atoms with Gasteiger partial charge in [0.15, 0.2) is 5.69 Å². The molecule has 0 fully saturated rings. The molecule has 27 heavy (non-hydrogen) atoms. The van der Waals surface area contributed by atoms with E-state index in [9.17, 15) is 14.7 Å². The van der Waals surface area contributed by atoms with Gasteiger partial charge in [-0.2, -0.15) is 10.2 Å². The summed E-state index contributed by atoms with van der Waals surface area (Å²) in [4.78, 5) is 23.7. The molecule has 0 bridgehead atoms. The summed E-state index contributed by atoms with van der Waals surface area (Å²) < 4.78 is 4.21. The lowest BCUT2D eigenvalue weighted by Crippen LogP contribution is -2.21. The number of hydrogen-bond donors (Lipinski definition) is 1. The van der Waals surface area contributed by atoms with Gasteiger partial charge in [0, 0.05) is 19.5 Å². The predicted octanol–water partition coefficient (Wildman–Crippen LogP) is 2.13. The van der Waals surface area contributed by atoms with Crippen molar-refractivity contribution in [2.75, 3.05) is 0 Å². The number of carboxylic acid groups (broad SMARTS) is 1. The van der Waals surface area contributed by atoms with Crippen LogP contribution in [-0.4, -0.2) is 35.2 Å². The molecule has 0 saturated carbocycles. The first-order valence-corrected chi connectivity index (χ1v) is 8.30. The highest BCUT2D eigenvalue weighted by atomic mass is 16.4. The number of aryl methyl sites for hydroxylation is 3. The van der Waals surface area contributed by atoms with Crippen molar-refractivity contribution >= 4 is 16.9 Å². The molecule has 4 aromatic rings. The van der Waals surface area contributed by atoms with Crippen LogP contribution >= 0.6 is 0 Å². The van der Waals surface area contributed by atoms with Crippen molar-refractivity contribution in [2.45, 2.75) is 6.92 Å². The molecule has 0 aliphatic heterocycles. The second-order valence-corrected chi connectivity index (χ2v) is 6.34. The van der Waals surface area contributed by atoms with Gasteiger partial charge < -0.3 is 5.11 Å². The van der Waals surface area contributed by atoms with E-state index in [0.717, 1.165) is 16.8 Å². The molecule has 4 rings (SSSR count). The van der Waals surface area contributed by atoms with Gasteiger partial charge in [-0.15, -0.1) is 0 Å². The van der Waals surface area contributed by atoms with Crippen molar-refractivity contribution in [3.05, 3.63) is 64.5 Å². The molecule has 0 aliphatic carbocycles. The van der Waals surface area contributed by atoms with E-state index in [1.807, 2.05) is 36.4 Å². The van der Waals surface area contributed by atoms with Gasteiger partial charge in [-0.3, -0.25) is 4.68 Å². The largest absolute Gasteiger partial charge is 0.477 e. The van der Waals surface area contributed by atoms with Crippen LogP contribution in [0.15, 0.2) is 47.3 Å². The van der Waals surface area contributed by atoms with Crippen LogP contribution in [0.2, 0.25) is 0 Å². The average Bonchev–Trinajstić information content (AvgIpc) is 3.09. The van der Waals surface area contributed by atoms with Crippen LogP contribution in [0.25, 0.3) is 27.7 Å². The Labute approximate surface area is 153 Å². The highest BCUT2D eigenvalue weighted by Crippen LogP contribution is 2.27. The van der Waals surface area contributed by atoms with Gasteiger partial charge in [-0.05, 0) is 42.3 Å². The summed E-state index contributed by atoms with van der Waals surface area (Å²) in [6.07, 6.45) is 0. The number of benzene rings is 2. The molecule has 0 radical (unpaired) electrons. The fraction of sp³-hybridized carbons (Fsp3) is 0.158. The number of carbonyl (C=O) groups is 1. The molecule has 0 aliphatic rings. The van der Waals surface area contributed by atoms with Crippen LogP contribution in [0, 0.1) is 6.92 Å². The summed E-state index contributed by atoms with van der Waals surface area (Å²) in [7, 11) is 3.23. The third kappa shape index (κ3) is 2.62. The topological polar surface area (TPSA) is 94.9 Å². The number of rotatable bonds is 3. The van der Waals surface area contributed by atoms with Gasteiger partial charge in [0.05, 0.1) is 11.2 Å². The molecule has 0 spiro atoms. The Bertz CT molecular complexity index is 1250. The Morgan fingerprint density at radius 1 is 0.963 bits per heavy atom. The third-order valence-electron chi connectivity index (χ3n) is 4.58. The molecule has 0 atom stereocenters. The molecule has 1 N–H and O–H groups in total. The van der Waals surface area contributed by atoms with Crippen LogP contribution < -0.4 is 5.69 Å². The van der Waals surface area contributed by atoms with Gasteiger partial charge in [-0.25, -0.2) is 18.8 Å². The lowest BCUT2D eigenvalue weighted by Gasteiger charge is -2.06. The number of aromatic carboxylic acids is 1. The van der Waals surface area contributed by atoms with Crippen molar-refractivity contribution in [2.24, 2.45) is 14.1 Å². The maximum atomic E-state index is 12.2. The van der Waals surface area contributed by atoms with Crippen LogP contribution in [-0.2, 0) is 14.1 Å². The number of hydrogen-bond acceptors (Lipinski definition) is 4. The number of aromatic nitrogens is 5. The molecule has 8 heteroatoms. The quantitative estimate of drug-likeness (QED) is 0.602. The molecule has 0 saturated heterocycles. The monoisotopic (exact) mass is 363 g/mol. The Hall–Kier alpha value is -3.68. The van der Waals surface area contributed by atoms with Crippen molar-refractivity contribution in [1.29, 1.82) is 0 Å². The minimum atomic E-state index is -1.01. The Morgan fingerprint density at radius 2 is 1.63 bits per heavy atom. The average molecular weight is 363 g/mol. The normalized spacial score (nSPS) is 11.2. The van der Waals surface area contributed by atoms with Crippen molar-refractivity contribution in [3.63, 3.8) is 0 Å². The third-order valence-corrected chi connectivity index (χ3v) is 4.58. The van der Waals surface area contributed by atoms with Crippen molar-refractivity contribution in [3.8, 4) is 16.8 Å². The minimum Gasteiger partial charge on any atom is -0.477 e. The van der Waals surface area contributed by atoms with Crippen LogP contribution in [0.4, 0.5) is 0 Å². The lowest BCUT2D eigenvalue weighted by molar-refractivity contribution is 0.0687. The second kappa shape index (κ2) is 5.94. The lowest BCUT2D eigenvalue weighted by atomic mass is 10.0. The maximum Gasteiger partial charge on any atom is 0.354 e. The highest BCUT2D eigenvalue weighted by Gasteiger charge is 2.16. The number of fused-ring (bicyclic) bond motifs is 1. The molecule has 136 valence electrons. The van der Waals surface area contributed by atoms with Crippen LogP contribution in [0.5, 0.6) is 0 Å². The van der Waals surface area contributed by atoms with E-state index in [2.05, 4.69) is 10.2 Å². The molecule has 2 aromatic carbocycles. The summed E-state index contributed by atoms with van der Waals surface area (Å²) >= 11 is 0. The van der Waals surface area contributed by atoms with Crippen LogP contribution in [0.1, 0.15) is 16.3 Å². The first kappa shape index (κ1) is 16.8. The molecule has 0 unspecified atom stereocenters. The molecule has 0 amide bonds. The van der Waals surface area contributed by atoms with Gasteiger partial charge in [0.1, 0.15) is 5.82 Å². The SMILES string of the molecule is Cc1nn(C)c(=O)n1-c1ccc(-c2ccc3nn(C)c(C(=O)O)c3c2)cc1. The smallest absolute Gasteiger partial charge is 0.354 e. The highest BCUT2D eigenvalue weighted by molar-refractivity contribution is 6.02. The summed E-state index contributed by atoms with van der Waals surface area (Å²) in [6, 6.07) is 13.0. The zero-order valence-corrected chi connectivity index (χ0v) is 15.0. The summed E-state index contributed by atoms with van der Waals surface area (Å²) in [5, 5.41) is 18.4. The standard InChI is InChI=1S/C19H17N5O3/c1-11-20-23(3)19(27)24(11)14-7-4-12(5-8-14)13-6-9-16-15(10-13)17(18(25)26)22(2)21-16/h4-10H,1-3H3,(H,25,26). The van der Waals surface area contributed by atoms with Gasteiger partial charge in [0.25, 0.3) is 0 Å². The zero-order valence-electron chi connectivity index (χ0n) is 15.0. The molecular weight excluding hydrogens is 346 g/mol.